The van der Waals surface area contributed by atoms with Crippen LogP contribution in [0.3, 0.4) is 0 Å². The van der Waals surface area contributed by atoms with Gasteiger partial charge in [0.2, 0.25) is 5.91 Å². The van der Waals surface area contributed by atoms with Gasteiger partial charge in [-0.3, -0.25) is 4.79 Å². The zero-order valence-corrected chi connectivity index (χ0v) is 14.9. The van der Waals surface area contributed by atoms with Crippen LogP contribution >= 0.6 is 24.8 Å². The molecule has 1 amide bonds. The molecule has 2 saturated carbocycles. The molecule has 2 fully saturated rings. The summed E-state index contributed by atoms with van der Waals surface area (Å²) in [4.78, 5) is 12.3. The van der Waals surface area contributed by atoms with Crippen LogP contribution in [0.2, 0.25) is 0 Å². The van der Waals surface area contributed by atoms with Crippen molar-refractivity contribution in [2.24, 2.45) is 23.5 Å². The lowest BCUT2D eigenvalue weighted by molar-refractivity contribution is -0.127. The van der Waals surface area contributed by atoms with E-state index in [-0.39, 0.29) is 42.7 Å². The van der Waals surface area contributed by atoms with Gasteiger partial charge in [0, 0.05) is 24.8 Å². The normalized spacial score (nSPS) is 27.7. The number of para-hydroxylation sites is 1. The van der Waals surface area contributed by atoms with Crippen molar-refractivity contribution in [2.75, 3.05) is 18.4 Å². The minimum absolute atomic E-state index is 0. The third kappa shape index (κ3) is 4.75. The number of anilines is 1. The lowest BCUT2D eigenvalue weighted by Crippen LogP contribution is -2.45. The highest BCUT2D eigenvalue weighted by Crippen LogP contribution is 2.47. The molecule has 0 spiro atoms. The molecule has 130 valence electrons. The van der Waals surface area contributed by atoms with Crippen LogP contribution in [-0.4, -0.2) is 25.0 Å². The van der Waals surface area contributed by atoms with Crippen LogP contribution < -0.4 is 16.4 Å². The maximum Gasteiger partial charge on any atom is 0.224 e. The number of rotatable bonds is 6. The first kappa shape index (κ1) is 20.1. The number of carbonyl (C=O) groups is 1. The van der Waals surface area contributed by atoms with Gasteiger partial charge in [-0.05, 0) is 49.7 Å². The van der Waals surface area contributed by atoms with Gasteiger partial charge in [0.1, 0.15) is 0 Å². The van der Waals surface area contributed by atoms with Crippen LogP contribution in [0, 0.1) is 17.8 Å². The van der Waals surface area contributed by atoms with Gasteiger partial charge in [-0.25, -0.2) is 0 Å². The van der Waals surface area contributed by atoms with Gasteiger partial charge in [-0.2, -0.15) is 0 Å². The van der Waals surface area contributed by atoms with E-state index < -0.39 is 0 Å². The second kappa shape index (κ2) is 9.36. The Hall–Kier alpha value is -0.970. The maximum atomic E-state index is 12.3. The SMILES string of the molecule is Cl.Cl.NC1C2CCC(C2)C1C(=O)NCCCNc1ccccc1. The minimum atomic E-state index is 0. The van der Waals surface area contributed by atoms with Crippen molar-refractivity contribution in [1.82, 2.24) is 5.32 Å². The zero-order chi connectivity index (χ0) is 14.7. The molecular formula is C17H27Cl2N3O. The first-order valence-electron chi connectivity index (χ1n) is 8.08. The third-order valence-corrected chi connectivity index (χ3v) is 5.04. The predicted octanol–water partition coefficient (Wildman–Crippen LogP) is 2.82. The summed E-state index contributed by atoms with van der Waals surface area (Å²) in [5.74, 6) is 1.36. The first-order chi connectivity index (χ1) is 10.3. The Bertz CT molecular complexity index is 484. The largest absolute Gasteiger partial charge is 0.385 e. The van der Waals surface area contributed by atoms with Crippen molar-refractivity contribution in [3.8, 4) is 0 Å². The van der Waals surface area contributed by atoms with Gasteiger partial charge >= 0.3 is 0 Å². The van der Waals surface area contributed by atoms with Crippen molar-refractivity contribution in [1.29, 1.82) is 0 Å². The van der Waals surface area contributed by atoms with Crippen molar-refractivity contribution in [2.45, 2.75) is 31.7 Å². The Kier molecular flexibility index (Phi) is 8.17. The number of carbonyl (C=O) groups excluding carboxylic acids is 1. The number of nitrogens with one attached hydrogen (secondary N) is 2. The van der Waals surface area contributed by atoms with Crippen LogP contribution in [0.5, 0.6) is 0 Å². The molecular weight excluding hydrogens is 333 g/mol. The number of halogens is 2. The molecule has 0 aliphatic heterocycles. The summed E-state index contributed by atoms with van der Waals surface area (Å²) in [6.45, 7) is 1.59. The Morgan fingerprint density at radius 1 is 1.09 bits per heavy atom. The standard InChI is InChI=1S/C17H25N3O.2ClH/c18-16-13-8-7-12(11-13)15(16)17(21)20-10-4-9-19-14-5-2-1-3-6-14;;/h1-3,5-6,12-13,15-16,19H,4,7-11,18H2,(H,20,21);2*1H. The molecule has 4 nitrogen and oxygen atoms in total. The quantitative estimate of drug-likeness (QED) is 0.684. The van der Waals surface area contributed by atoms with E-state index in [4.69, 9.17) is 5.73 Å². The van der Waals surface area contributed by atoms with E-state index in [0.29, 0.717) is 11.8 Å². The minimum Gasteiger partial charge on any atom is -0.385 e. The Labute approximate surface area is 150 Å². The van der Waals surface area contributed by atoms with Crippen molar-refractivity contribution < 1.29 is 4.79 Å². The fraction of sp³-hybridized carbons (Fsp3) is 0.588. The molecule has 23 heavy (non-hydrogen) atoms. The van der Waals surface area contributed by atoms with E-state index in [1.54, 1.807) is 0 Å². The fourth-order valence-electron chi connectivity index (χ4n) is 3.93. The molecule has 0 saturated heterocycles. The predicted molar refractivity (Wildman–Crippen MR) is 99.4 cm³/mol. The van der Waals surface area contributed by atoms with E-state index in [1.165, 1.54) is 12.8 Å². The summed E-state index contributed by atoms with van der Waals surface area (Å²) in [6.07, 6.45) is 4.49. The Morgan fingerprint density at radius 2 is 1.78 bits per heavy atom. The zero-order valence-electron chi connectivity index (χ0n) is 13.2. The second-order valence-electron chi connectivity index (χ2n) is 6.37. The lowest BCUT2D eigenvalue weighted by Gasteiger charge is -2.27. The first-order valence-corrected chi connectivity index (χ1v) is 8.08. The summed E-state index contributed by atoms with van der Waals surface area (Å²) in [5, 5.41) is 6.41. The number of benzene rings is 1. The number of nitrogens with two attached hydrogens (primary N) is 1. The van der Waals surface area contributed by atoms with Crippen molar-refractivity contribution >= 4 is 36.4 Å². The summed E-state index contributed by atoms with van der Waals surface area (Å²) >= 11 is 0. The van der Waals surface area contributed by atoms with Crippen LogP contribution in [0.25, 0.3) is 0 Å². The molecule has 2 bridgehead atoms. The Balaban J connectivity index is 0.00000132. The molecule has 6 heteroatoms. The highest BCUT2D eigenvalue weighted by atomic mass is 35.5. The smallest absolute Gasteiger partial charge is 0.224 e. The molecule has 2 aliphatic carbocycles. The summed E-state index contributed by atoms with van der Waals surface area (Å²) in [6, 6.07) is 10.2. The van der Waals surface area contributed by atoms with E-state index in [9.17, 15) is 4.79 Å². The maximum absolute atomic E-state index is 12.3. The van der Waals surface area contributed by atoms with Crippen LogP contribution in [-0.2, 0) is 4.79 Å². The lowest BCUT2D eigenvalue weighted by atomic mass is 9.84. The van der Waals surface area contributed by atoms with Crippen LogP contribution in [0.15, 0.2) is 30.3 Å². The number of hydrogen-bond acceptors (Lipinski definition) is 3. The third-order valence-electron chi connectivity index (χ3n) is 5.04. The molecule has 0 radical (unpaired) electrons. The highest BCUT2D eigenvalue weighted by Gasteiger charge is 2.48. The summed E-state index contributed by atoms with van der Waals surface area (Å²) in [7, 11) is 0. The number of amides is 1. The van der Waals surface area contributed by atoms with Crippen LogP contribution in [0.1, 0.15) is 25.7 Å². The van der Waals surface area contributed by atoms with Crippen molar-refractivity contribution in [3.05, 3.63) is 30.3 Å². The molecule has 4 N–H and O–H groups in total. The molecule has 0 aromatic heterocycles. The van der Waals surface area contributed by atoms with Gasteiger partial charge < -0.3 is 16.4 Å². The highest BCUT2D eigenvalue weighted by molar-refractivity contribution is 5.85. The van der Waals surface area contributed by atoms with Crippen LogP contribution in [0.4, 0.5) is 5.69 Å². The molecule has 1 aromatic carbocycles. The van der Waals surface area contributed by atoms with Gasteiger partial charge in [0.25, 0.3) is 0 Å². The van der Waals surface area contributed by atoms with E-state index in [2.05, 4.69) is 10.6 Å². The molecule has 0 heterocycles. The summed E-state index contributed by atoms with van der Waals surface area (Å²) in [5.41, 5.74) is 7.32. The van der Waals surface area contributed by atoms with Gasteiger partial charge in [-0.1, -0.05) is 18.2 Å². The average molecular weight is 360 g/mol. The second-order valence-corrected chi connectivity index (χ2v) is 6.37. The molecule has 4 atom stereocenters. The Morgan fingerprint density at radius 3 is 2.43 bits per heavy atom. The average Bonchev–Trinajstić information content (AvgIpc) is 3.08. The molecule has 2 aliphatic rings. The fourth-order valence-corrected chi connectivity index (χ4v) is 3.93. The topological polar surface area (TPSA) is 67.2 Å². The van der Waals surface area contributed by atoms with Crippen molar-refractivity contribution in [3.63, 3.8) is 0 Å². The van der Waals surface area contributed by atoms with Gasteiger partial charge in [0.15, 0.2) is 0 Å². The number of hydrogen-bond donors (Lipinski definition) is 3. The molecule has 3 rings (SSSR count). The van der Waals surface area contributed by atoms with Gasteiger partial charge in [-0.15, -0.1) is 24.8 Å². The summed E-state index contributed by atoms with van der Waals surface area (Å²) < 4.78 is 0. The van der Waals surface area contributed by atoms with Gasteiger partial charge in [0.05, 0.1) is 5.92 Å². The van der Waals surface area contributed by atoms with E-state index in [0.717, 1.165) is 31.6 Å². The molecule has 1 aromatic rings. The monoisotopic (exact) mass is 359 g/mol. The molecule has 4 unspecified atom stereocenters. The number of fused-ring (bicyclic) bond motifs is 2. The van der Waals surface area contributed by atoms with E-state index in [1.807, 2.05) is 30.3 Å². The van der Waals surface area contributed by atoms with E-state index >= 15 is 0 Å².